The van der Waals surface area contributed by atoms with E-state index in [2.05, 4.69) is 37.9 Å². The van der Waals surface area contributed by atoms with Crippen molar-refractivity contribution in [2.45, 2.75) is 46.6 Å². The first-order chi connectivity index (χ1) is 8.58. The number of nitrogens with zero attached hydrogens (tertiary/aromatic N) is 1. The van der Waals surface area contributed by atoms with Crippen LogP contribution < -0.4 is 5.32 Å². The van der Waals surface area contributed by atoms with Crippen LogP contribution in [0.2, 0.25) is 0 Å². The van der Waals surface area contributed by atoms with Gasteiger partial charge in [0, 0.05) is 6.54 Å². The highest BCUT2D eigenvalue weighted by atomic mass is 16.5. The minimum Gasteiger partial charge on any atom is -0.377 e. The van der Waals surface area contributed by atoms with E-state index in [-0.39, 0.29) is 0 Å². The minimum atomic E-state index is 0.364. The van der Waals surface area contributed by atoms with Crippen LogP contribution in [0.1, 0.15) is 40.5 Å². The monoisotopic (exact) mass is 256 g/mol. The second-order valence-electron chi connectivity index (χ2n) is 6.26. The molecule has 3 nitrogen and oxygen atoms in total. The van der Waals surface area contributed by atoms with Gasteiger partial charge in [-0.15, -0.1) is 0 Å². The van der Waals surface area contributed by atoms with E-state index < -0.39 is 0 Å². The first-order valence-corrected chi connectivity index (χ1v) is 7.62. The van der Waals surface area contributed by atoms with E-state index in [1.165, 1.54) is 32.5 Å². The Morgan fingerprint density at radius 3 is 2.39 bits per heavy atom. The fourth-order valence-electron chi connectivity index (χ4n) is 2.41. The zero-order valence-electron chi connectivity index (χ0n) is 12.7. The van der Waals surface area contributed by atoms with Gasteiger partial charge in [-0.3, -0.25) is 0 Å². The van der Waals surface area contributed by atoms with Gasteiger partial charge in [0.15, 0.2) is 0 Å². The summed E-state index contributed by atoms with van der Waals surface area (Å²) >= 11 is 0. The fourth-order valence-corrected chi connectivity index (χ4v) is 2.41. The Kier molecular flexibility index (Phi) is 7.87. The lowest BCUT2D eigenvalue weighted by molar-refractivity contribution is 0.0508. The van der Waals surface area contributed by atoms with Crippen LogP contribution in [0, 0.1) is 11.8 Å². The molecule has 1 fully saturated rings. The largest absolute Gasteiger partial charge is 0.377 e. The maximum Gasteiger partial charge on any atom is 0.0596 e. The summed E-state index contributed by atoms with van der Waals surface area (Å²) < 4.78 is 5.61. The molecule has 3 heteroatoms. The van der Waals surface area contributed by atoms with Crippen molar-refractivity contribution < 1.29 is 4.74 Å². The van der Waals surface area contributed by atoms with Crippen LogP contribution in [0.4, 0.5) is 0 Å². The van der Waals surface area contributed by atoms with Gasteiger partial charge in [-0.05, 0) is 64.7 Å². The molecule has 1 heterocycles. The Balaban J connectivity index is 2.02. The molecular formula is C15H32N2O. The Hall–Kier alpha value is -0.120. The molecule has 1 saturated heterocycles. The summed E-state index contributed by atoms with van der Waals surface area (Å²) in [6, 6.07) is 0. The van der Waals surface area contributed by atoms with Gasteiger partial charge >= 0.3 is 0 Å². The average molecular weight is 256 g/mol. The number of hydrogen-bond acceptors (Lipinski definition) is 3. The van der Waals surface area contributed by atoms with E-state index in [1.54, 1.807) is 0 Å². The summed E-state index contributed by atoms with van der Waals surface area (Å²) in [5.74, 6) is 1.64. The predicted octanol–water partition coefficient (Wildman–Crippen LogP) is 2.37. The van der Waals surface area contributed by atoms with Gasteiger partial charge < -0.3 is 15.0 Å². The number of nitrogens with one attached hydrogen (secondary N) is 1. The zero-order valence-corrected chi connectivity index (χ0v) is 12.7. The van der Waals surface area contributed by atoms with Crippen LogP contribution in [0.25, 0.3) is 0 Å². The van der Waals surface area contributed by atoms with Gasteiger partial charge in [0.25, 0.3) is 0 Å². The van der Waals surface area contributed by atoms with E-state index in [9.17, 15) is 0 Å². The van der Waals surface area contributed by atoms with Crippen molar-refractivity contribution in [3.63, 3.8) is 0 Å². The fraction of sp³-hybridized carbons (Fsp3) is 1.00. The summed E-state index contributed by atoms with van der Waals surface area (Å²) in [7, 11) is 0. The molecule has 0 unspecified atom stereocenters. The molecule has 0 radical (unpaired) electrons. The first kappa shape index (κ1) is 15.9. The minimum absolute atomic E-state index is 0.364. The molecule has 0 aliphatic carbocycles. The van der Waals surface area contributed by atoms with E-state index >= 15 is 0 Å². The summed E-state index contributed by atoms with van der Waals surface area (Å²) in [6.45, 7) is 15.6. The van der Waals surface area contributed by atoms with E-state index in [1.807, 2.05) is 0 Å². The summed E-state index contributed by atoms with van der Waals surface area (Å²) in [5, 5.41) is 3.58. The second kappa shape index (κ2) is 8.89. The van der Waals surface area contributed by atoms with Crippen molar-refractivity contribution >= 4 is 0 Å². The number of ether oxygens (including phenoxy) is 1. The van der Waals surface area contributed by atoms with E-state index in [4.69, 9.17) is 4.74 Å². The normalized spacial score (nSPS) is 19.0. The summed E-state index contributed by atoms with van der Waals surface area (Å²) in [5.41, 5.74) is 0. The van der Waals surface area contributed by atoms with Gasteiger partial charge in [0.2, 0.25) is 0 Å². The van der Waals surface area contributed by atoms with Gasteiger partial charge in [0.1, 0.15) is 0 Å². The van der Waals surface area contributed by atoms with Gasteiger partial charge in [-0.25, -0.2) is 0 Å². The molecule has 0 saturated carbocycles. The number of rotatable bonds is 8. The van der Waals surface area contributed by atoms with Gasteiger partial charge in [0.05, 0.1) is 12.7 Å². The van der Waals surface area contributed by atoms with Crippen molar-refractivity contribution in [1.29, 1.82) is 0 Å². The van der Waals surface area contributed by atoms with Crippen LogP contribution in [-0.2, 0) is 4.74 Å². The third-order valence-corrected chi connectivity index (χ3v) is 3.55. The molecule has 1 N–H and O–H groups in total. The lowest BCUT2D eigenvalue weighted by Gasteiger charge is -2.32. The van der Waals surface area contributed by atoms with Crippen LogP contribution in [0.5, 0.6) is 0 Å². The third-order valence-electron chi connectivity index (χ3n) is 3.55. The standard InChI is InChI=1S/C15H32N2O/c1-13(2)11-16-12-15-5-7-17(8-6-15)9-10-18-14(3)4/h13-16H,5-12H2,1-4H3. The Bertz CT molecular complexity index is 177. The molecule has 0 spiro atoms. The first-order valence-electron chi connectivity index (χ1n) is 7.62. The highest BCUT2D eigenvalue weighted by Gasteiger charge is 2.18. The number of likely N-dealkylation sites (tertiary alicyclic amines) is 1. The highest BCUT2D eigenvalue weighted by molar-refractivity contribution is 4.74. The van der Waals surface area contributed by atoms with Crippen LogP contribution in [0.3, 0.4) is 0 Å². The van der Waals surface area contributed by atoms with Crippen LogP contribution in [0.15, 0.2) is 0 Å². The van der Waals surface area contributed by atoms with Crippen molar-refractivity contribution in [2.75, 3.05) is 39.3 Å². The van der Waals surface area contributed by atoms with E-state index in [0.29, 0.717) is 6.10 Å². The molecule has 1 aliphatic heterocycles. The molecule has 0 aromatic heterocycles. The molecule has 0 atom stereocenters. The van der Waals surface area contributed by atoms with Gasteiger partial charge in [-0.2, -0.15) is 0 Å². The van der Waals surface area contributed by atoms with Crippen molar-refractivity contribution in [3.8, 4) is 0 Å². The molecular weight excluding hydrogens is 224 g/mol. The third kappa shape index (κ3) is 7.34. The summed E-state index contributed by atoms with van der Waals surface area (Å²) in [4.78, 5) is 2.54. The number of hydrogen-bond donors (Lipinski definition) is 1. The predicted molar refractivity (Wildman–Crippen MR) is 78.0 cm³/mol. The Morgan fingerprint density at radius 1 is 1.17 bits per heavy atom. The van der Waals surface area contributed by atoms with Crippen molar-refractivity contribution in [1.82, 2.24) is 10.2 Å². The van der Waals surface area contributed by atoms with Crippen LogP contribution >= 0.6 is 0 Å². The Labute approximate surface area is 113 Å². The van der Waals surface area contributed by atoms with Crippen molar-refractivity contribution in [3.05, 3.63) is 0 Å². The topological polar surface area (TPSA) is 24.5 Å². The lowest BCUT2D eigenvalue weighted by atomic mass is 9.96. The number of piperidine rings is 1. The summed E-state index contributed by atoms with van der Waals surface area (Å²) in [6.07, 6.45) is 3.04. The molecule has 18 heavy (non-hydrogen) atoms. The molecule has 0 aromatic rings. The SMILES string of the molecule is CC(C)CNCC1CCN(CCOC(C)C)CC1. The molecule has 1 aliphatic rings. The smallest absolute Gasteiger partial charge is 0.0596 e. The molecule has 1 rings (SSSR count). The zero-order chi connectivity index (χ0) is 13.4. The van der Waals surface area contributed by atoms with Gasteiger partial charge in [-0.1, -0.05) is 13.8 Å². The Morgan fingerprint density at radius 2 is 1.83 bits per heavy atom. The maximum absolute atomic E-state index is 5.61. The lowest BCUT2D eigenvalue weighted by Crippen LogP contribution is -2.39. The molecule has 0 amide bonds. The molecule has 108 valence electrons. The molecule has 0 bridgehead atoms. The van der Waals surface area contributed by atoms with Crippen molar-refractivity contribution in [2.24, 2.45) is 11.8 Å². The second-order valence-corrected chi connectivity index (χ2v) is 6.26. The molecule has 0 aromatic carbocycles. The maximum atomic E-state index is 5.61. The average Bonchev–Trinajstić information content (AvgIpc) is 2.30. The van der Waals surface area contributed by atoms with E-state index in [0.717, 1.165) is 31.5 Å². The van der Waals surface area contributed by atoms with Crippen LogP contribution in [-0.4, -0.2) is 50.3 Å². The highest BCUT2D eigenvalue weighted by Crippen LogP contribution is 2.16. The quantitative estimate of drug-likeness (QED) is 0.721.